The molecule has 0 unspecified atom stereocenters. The zero-order valence-electron chi connectivity index (χ0n) is 15.8. The molecule has 0 saturated heterocycles. The summed E-state index contributed by atoms with van der Waals surface area (Å²) >= 11 is 1.16. The number of unbranched alkanes of at least 4 members (excludes halogenated alkanes) is 1. The lowest BCUT2D eigenvalue weighted by atomic mass is 10.2. The molecule has 0 atom stereocenters. The highest BCUT2D eigenvalue weighted by Crippen LogP contribution is 2.21. The van der Waals surface area contributed by atoms with Crippen LogP contribution >= 0.6 is 11.8 Å². The lowest BCUT2D eigenvalue weighted by molar-refractivity contribution is -0.117. The number of hydrogen-bond donors (Lipinski definition) is 2. The number of aromatic nitrogens is 4. The van der Waals surface area contributed by atoms with Gasteiger partial charge in [-0.1, -0.05) is 37.2 Å². The summed E-state index contributed by atoms with van der Waals surface area (Å²) < 4.78 is 3.41. The van der Waals surface area contributed by atoms with E-state index in [1.54, 1.807) is 22.0 Å². The number of para-hydroxylation sites is 1. The fourth-order valence-corrected chi connectivity index (χ4v) is 3.58. The zero-order valence-corrected chi connectivity index (χ0v) is 16.6. The van der Waals surface area contributed by atoms with Crippen LogP contribution in [0, 0.1) is 0 Å². The van der Waals surface area contributed by atoms with Gasteiger partial charge in [-0.15, -0.1) is 10.2 Å². The maximum absolute atomic E-state index is 12.9. The molecule has 2 aromatic heterocycles. The van der Waals surface area contributed by atoms with E-state index in [4.69, 9.17) is 0 Å². The predicted molar refractivity (Wildman–Crippen MR) is 108 cm³/mol. The molecule has 0 aliphatic heterocycles. The van der Waals surface area contributed by atoms with Gasteiger partial charge in [-0.05, 0) is 25.5 Å². The van der Waals surface area contributed by atoms with Crippen molar-refractivity contribution in [1.82, 2.24) is 29.8 Å². The molecule has 0 spiro atoms. The Morgan fingerprint density at radius 2 is 1.96 bits per heavy atom. The third-order valence-corrected chi connectivity index (χ3v) is 5.07. The summed E-state index contributed by atoms with van der Waals surface area (Å²) in [5.41, 5.74) is 0.585. The van der Waals surface area contributed by atoms with E-state index in [2.05, 4.69) is 27.8 Å². The van der Waals surface area contributed by atoms with E-state index < -0.39 is 11.9 Å². The van der Waals surface area contributed by atoms with Crippen molar-refractivity contribution in [3.05, 3.63) is 34.6 Å². The Bertz CT molecular complexity index is 1070. The minimum absolute atomic E-state index is 0.000338. The van der Waals surface area contributed by atoms with Crippen LogP contribution in [0.3, 0.4) is 0 Å². The number of carbonyl (C=O) groups is 2. The van der Waals surface area contributed by atoms with Crippen molar-refractivity contribution < 1.29 is 9.59 Å². The normalized spacial score (nSPS) is 11.1. The van der Waals surface area contributed by atoms with Gasteiger partial charge in [0.2, 0.25) is 11.7 Å². The first-order valence-electron chi connectivity index (χ1n) is 9.14. The summed E-state index contributed by atoms with van der Waals surface area (Å²) in [6.07, 6.45) is 1.79. The summed E-state index contributed by atoms with van der Waals surface area (Å²) in [4.78, 5) is 36.3. The molecule has 1 aromatic carbocycles. The number of benzene rings is 1. The lowest BCUT2D eigenvalue weighted by Gasteiger charge is -2.10. The van der Waals surface area contributed by atoms with E-state index in [-0.39, 0.29) is 11.3 Å². The fraction of sp³-hybridized carbons (Fsp3) is 0.389. The van der Waals surface area contributed by atoms with Crippen molar-refractivity contribution in [3.8, 4) is 0 Å². The smallest absolute Gasteiger partial charge is 0.321 e. The molecule has 10 heteroatoms. The number of rotatable bonds is 7. The highest BCUT2D eigenvalue weighted by atomic mass is 32.2. The molecular weight excluding hydrogens is 380 g/mol. The van der Waals surface area contributed by atoms with Crippen molar-refractivity contribution in [3.63, 3.8) is 0 Å². The first-order chi connectivity index (χ1) is 13.6. The second kappa shape index (κ2) is 8.87. The highest BCUT2D eigenvalue weighted by Gasteiger charge is 2.17. The number of urea groups is 1. The number of hydrogen-bond acceptors (Lipinski definition) is 6. The van der Waals surface area contributed by atoms with Crippen LogP contribution in [0.25, 0.3) is 16.7 Å². The van der Waals surface area contributed by atoms with Gasteiger partial charge in [-0.25, -0.2) is 4.79 Å². The Labute approximate surface area is 165 Å². The van der Waals surface area contributed by atoms with Gasteiger partial charge in [-0.2, -0.15) is 0 Å². The van der Waals surface area contributed by atoms with Crippen molar-refractivity contribution in [2.45, 2.75) is 38.4 Å². The van der Waals surface area contributed by atoms with Crippen LogP contribution in [0.5, 0.6) is 0 Å². The average molecular weight is 402 g/mol. The molecule has 0 aliphatic carbocycles. The van der Waals surface area contributed by atoms with Crippen LogP contribution in [-0.4, -0.2) is 43.4 Å². The molecule has 2 N–H and O–H groups in total. The first-order valence-corrected chi connectivity index (χ1v) is 10.1. The Morgan fingerprint density at radius 1 is 1.18 bits per heavy atom. The topological polar surface area (TPSA) is 110 Å². The van der Waals surface area contributed by atoms with Crippen LogP contribution in [0.1, 0.15) is 26.7 Å². The van der Waals surface area contributed by atoms with Gasteiger partial charge in [0.05, 0.1) is 16.7 Å². The van der Waals surface area contributed by atoms with Crippen LogP contribution in [-0.2, 0) is 11.3 Å². The number of thioether (sulfide) groups is 1. The molecular formula is C18H22N6O3S. The van der Waals surface area contributed by atoms with Crippen molar-refractivity contribution >= 4 is 40.4 Å². The number of aryl methyl sites for hydroxylation is 1. The van der Waals surface area contributed by atoms with E-state index in [1.807, 2.05) is 18.2 Å². The molecule has 0 bridgehead atoms. The maximum atomic E-state index is 12.9. The number of fused-ring (bicyclic) bond motifs is 3. The van der Waals surface area contributed by atoms with Gasteiger partial charge in [-0.3, -0.25) is 23.9 Å². The summed E-state index contributed by atoms with van der Waals surface area (Å²) in [5, 5.41) is 14.2. The van der Waals surface area contributed by atoms with Crippen LogP contribution < -0.4 is 16.2 Å². The van der Waals surface area contributed by atoms with E-state index in [1.165, 1.54) is 0 Å². The quantitative estimate of drug-likeness (QED) is 0.583. The third-order valence-electron chi connectivity index (χ3n) is 4.14. The summed E-state index contributed by atoms with van der Waals surface area (Å²) in [5.74, 6) is 0.0143. The number of nitrogens with zero attached hydrogens (tertiary/aromatic N) is 4. The Morgan fingerprint density at radius 3 is 2.71 bits per heavy atom. The summed E-state index contributed by atoms with van der Waals surface area (Å²) in [6.45, 7) is 4.80. The van der Waals surface area contributed by atoms with E-state index in [9.17, 15) is 14.4 Å². The third kappa shape index (κ3) is 4.01. The molecule has 3 rings (SSSR count). The molecule has 0 radical (unpaired) electrons. The second-order valence-electron chi connectivity index (χ2n) is 6.14. The minimum atomic E-state index is -0.530. The largest absolute Gasteiger partial charge is 0.338 e. The van der Waals surface area contributed by atoms with Gasteiger partial charge in [0, 0.05) is 13.1 Å². The predicted octanol–water partition coefficient (Wildman–Crippen LogP) is 1.78. The summed E-state index contributed by atoms with van der Waals surface area (Å²) in [6, 6.07) is 6.73. The monoisotopic (exact) mass is 402 g/mol. The number of carbonyl (C=O) groups excluding carboxylic acids is 2. The van der Waals surface area contributed by atoms with Crippen LogP contribution in [0.2, 0.25) is 0 Å². The number of imide groups is 1. The lowest BCUT2D eigenvalue weighted by Crippen LogP contribution is -2.40. The van der Waals surface area contributed by atoms with Gasteiger partial charge in [0.1, 0.15) is 0 Å². The molecule has 28 heavy (non-hydrogen) atoms. The van der Waals surface area contributed by atoms with E-state index in [0.717, 1.165) is 24.6 Å². The number of amides is 3. The fourth-order valence-electron chi connectivity index (χ4n) is 2.84. The first kappa shape index (κ1) is 19.9. The Balaban J connectivity index is 1.96. The minimum Gasteiger partial charge on any atom is -0.338 e. The molecule has 0 fully saturated rings. The molecule has 0 saturated carbocycles. The van der Waals surface area contributed by atoms with Gasteiger partial charge < -0.3 is 5.32 Å². The second-order valence-corrected chi connectivity index (χ2v) is 7.08. The molecule has 9 nitrogen and oxygen atoms in total. The standard InChI is InChI=1S/C18H22N6O3S/c1-3-5-10-23-15(26)12-8-6-7-9-13(12)24-17(23)21-22-18(24)28-11-14(25)20-16(27)19-4-2/h6-9H,3-5,10-11H2,1-2H3,(H2,19,20,25,27). The Hall–Kier alpha value is -2.88. The Kier molecular flexibility index (Phi) is 6.30. The average Bonchev–Trinajstić information content (AvgIpc) is 3.10. The zero-order chi connectivity index (χ0) is 20.1. The SMILES string of the molecule is CCCCn1c(=O)c2ccccc2n2c(SCC(=O)NC(=O)NCC)nnc12. The van der Waals surface area contributed by atoms with Crippen molar-refractivity contribution in [2.24, 2.45) is 0 Å². The highest BCUT2D eigenvalue weighted by molar-refractivity contribution is 7.99. The molecule has 3 amide bonds. The molecule has 3 aromatic rings. The van der Waals surface area contributed by atoms with E-state index in [0.29, 0.717) is 34.9 Å². The van der Waals surface area contributed by atoms with Crippen molar-refractivity contribution in [2.75, 3.05) is 12.3 Å². The van der Waals surface area contributed by atoms with Gasteiger partial charge in [0.15, 0.2) is 5.16 Å². The number of nitrogens with one attached hydrogen (secondary N) is 2. The van der Waals surface area contributed by atoms with Gasteiger partial charge in [0.25, 0.3) is 5.56 Å². The summed E-state index contributed by atoms with van der Waals surface area (Å²) in [7, 11) is 0. The van der Waals surface area contributed by atoms with Crippen LogP contribution in [0.4, 0.5) is 4.79 Å². The molecule has 0 aliphatic rings. The van der Waals surface area contributed by atoms with Gasteiger partial charge >= 0.3 is 6.03 Å². The van der Waals surface area contributed by atoms with E-state index >= 15 is 0 Å². The maximum Gasteiger partial charge on any atom is 0.321 e. The van der Waals surface area contributed by atoms with Crippen molar-refractivity contribution in [1.29, 1.82) is 0 Å². The molecule has 148 valence electrons. The molecule has 2 heterocycles. The van der Waals surface area contributed by atoms with Crippen LogP contribution in [0.15, 0.2) is 34.2 Å².